The van der Waals surface area contributed by atoms with E-state index in [9.17, 15) is 0 Å². The maximum absolute atomic E-state index is 6.15. The predicted molar refractivity (Wildman–Crippen MR) is 55.1 cm³/mol. The van der Waals surface area contributed by atoms with E-state index in [-0.39, 0.29) is 5.38 Å². The molecule has 1 fully saturated rings. The molecular weight excluding hydrogens is 200 g/mol. The van der Waals surface area contributed by atoms with Gasteiger partial charge in [-0.1, -0.05) is 6.92 Å². The Kier molecular flexibility index (Phi) is 2.74. The summed E-state index contributed by atoms with van der Waals surface area (Å²) in [7, 11) is 1.83. The Balaban J connectivity index is 1.93. The fraction of sp³-hybridized carbons (Fsp3) is 0.778. The van der Waals surface area contributed by atoms with E-state index in [1.54, 1.807) is 4.80 Å². The van der Waals surface area contributed by atoms with Gasteiger partial charge in [0, 0.05) is 26.7 Å². The molecular formula is C9H15ClN4. The summed E-state index contributed by atoms with van der Waals surface area (Å²) < 4.78 is 0. The highest BCUT2D eigenvalue weighted by Crippen LogP contribution is 2.22. The van der Waals surface area contributed by atoms with Crippen molar-refractivity contribution in [3.05, 3.63) is 11.9 Å². The van der Waals surface area contributed by atoms with Crippen LogP contribution in [-0.4, -0.2) is 38.4 Å². The zero-order valence-corrected chi connectivity index (χ0v) is 9.28. The highest BCUT2D eigenvalue weighted by Gasteiger charge is 2.27. The van der Waals surface area contributed by atoms with Crippen molar-refractivity contribution in [3.8, 4) is 0 Å². The van der Waals surface area contributed by atoms with E-state index in [1.807, 2.05) is 13.2 Å². The molecule has 0 amide bonds. The van der Waals surface area contributed by atoms with Gasteiger partial charge in [0.1, 0.15) is 0 Å². The SMILES string of the molecule is CC1CN(Cc2cnn(C)n2)CC1Cl. The molecule has 2 unspecified atom stereocenters. The summed E-state index contributed by atoms with van der Waals surface area (Å²) in [5.41, 5.74) is 1.02. The van der Waals surface area contributed by atoms with Crippen LogP contribution in [0.15, 0.2) is 6.20 Å². The van der Waals surface area contributed by atoms with Crippen LogP contribution in [0.4, 0.5) is 0 Å². The Labute approximate surface area is 88.8 Å². The maximum atomic E-state index is 6.15. The lowest BCUT2D eigenvalue weighted by molar-refractivity contribution is 0.315. The van der Waals surface area contributed by atoms with Crippen molar-refractivity contribution in [2.75, 3.05) is 13.1 Å². The first kappa shape index (κ1) is 9.93. The van der Waals surface area contributed by atoms with E-state index in [2.05, 4.69) is 22.0 Å². The normalized spacial score (nSPS) is 28.5. The predicted octanol–water partition coefficient (Wildman–Crippen LogP) is 0.874. The van der Waals surface area contributed by atoms with Crippen LogP contribution in [0.1, 0.15) is 12.6 Å². The van der Waals surface area contributed by atoms with Crippen LogP contribution in [0.2, 0.25) is 0 Å². The van der Waals surface area contributed by atoms with Crippen LogP contribution < -0.4 is 0 Å². The number of hydrogen-bond acceptors (Lipinski definition) is 3. The number of hydrogen-bond donors (Lipinski definition) is 0. The van der Waals surface area contributed by atoms with Crippen LogP contribution in [0.25, 0.3) is 0 Å². The van der Waals surface area contributed by atoms with Crippen molar-refractivity contribution in [2.24, 2.45) is 13.0 Å². The summed E-state index contributed by atoms with van der Waals surface area (Å²) in [6, 6.07) is 0. The molecule has 0 aliphatic carbocycles. The molecule has 1 aromatic rings. The Morgan fingerprint density at radius 1 is 1.57 bits per heavy atom. The quantitative estimate of drug-likeness (QED) is 0.686. The third-order valence-corrected chi connectivity index (χ3v) is 3.20. The van der Waals surface area contributed by atoms with E-state index in [0.29, 0.717) is 5.92 Å². The van der Waals surface area contributed by atoms with Crippen molar-refractivity contribution >= 4 is 11.6 Å². The monoisotopic (exact) mass is 214 g/mol. The molecule has 78 valence electrons. The Morgan fingerprint density at radius 3 is 2.86 bits per heavy atom. The summed E-state index contributed by atoms with van der Waals surface area (Å²) in [6.45, 7) is 5.07. The van der Waals surface area contributed by atoms with Gasteiger partial charge < -0.3 is 0 Å². The Bertz CT molecular complexity index is 302. The molecule has 2 heterocycles. The van der Waals surface area contributed by atoms with Gasteiger partial charge in [0.2, 0.25) is 0 Å². The van der Waals surface area contributed by atoms with Crippen LogP contribution in [-0.2, 0) is 13.6 Å². The topological polar surface area (TPSA) is 34.0 Å². The smallest absolute Gasteiger partial charge is 0.0967 e. The number of halogens is 1. The summed E-state index contributed by atoms with van der Waals surface area (Å²) in [4.78, 5) is 3.92. The molecule has 1 aliphatic heterocycles. The van der Waals surface area contributed by atoms with Crippen molar-refractivity contribution in [2.45, 2.75) is 18.8 Å². The van der Waals surface area contributed by atoms with Gasteiger partial charge in [-0.05, 0) is 5.92 Å². The fourth-order valence-electron chi connectivity index (χ4n) is 1.84. The number of alkyl halides is 1. The minimum absolute atomic E-state index is 0.284. The molecule has 0 aromatic carbocycles. The first-order valence-corrected chi connectivity index (χ1v) is 5.30. The van der Waals surface area contributed by atoms with Crippen molar-refractivity contribution in [1.29, 1.82) is 0 Å². The van der Waals surface area contributed by atoms with E-state index in [0.717, 1.165) is 25.3 Å². The lowest BCUT2D eigenvalue weighted by atomic mass is 10.2. The molecule has 1 saturated heterocycles. The second kappa shape index (κ2) is 3.87. The van der Waals surface area contributed by atoms with Crippen LogP contribution in [0.5, 0.6) is 0 Å². The molecule has 2 atom stereocenters. The number of likely N-dealkylation sites (tertiary alicyclic amines) is 1. The van der Waals surface area contributed by atoms with Gasteiger partial charge in [0.15, 0.2) is 0 Å². The molecule has 0 radical (unpaired) electrons. The molecule has 2 rings (SSSR count). The molecule has 0 spiro atoms. The maximum Gasteiger partial charge on any atom is 0.0967 e. The zero-order valence-electron chi connectivity index (χ0n) is 8.52. The van der Waals surface area contributed by atoms with Crippen LogP contribution in [0, 0.1) is 5.92 Å². The molecule has 14 heavy (non-hydrogen) atoms. The first-order chi connectivity index (χ1) is 6.65. The highest BCUT2D eigenvalue weighted by atomic mass is 35.5. The molecule has 0 N–H and O–H groups in total. The third kappa shape index (κ3) is 2.07. The first-order valence-electron chi connectivity index (χ1n) is 4.87. The van der Waals surface area contributed by atoms with Gasteiger partial charge in [-0.15, -0.1) is 11.6 Å². The van der Waals surface area contributed by atoms with Gasteiger partial charge >= 0.3 is 0 Å². The summed E-state index contributed by atoms with van der Waals surface area (Å²) in [5.74, 6) is 0.577. The standard InChI is InChI=1S/C9H15ClN4/c1-7-4-14(6-9(7)10)5-8-3-11-13(2)12-8/h3,7,9H,4-6H2,1-2H3. The van der Waals surface area contributed by atoms with Crippen LogP contribution >= 0.6 is 11.6 Å². The second-order valence-corrected chi connectivity index (χ2v) is 4.57. The molecule has 4 nitrogen and oxygen atoms in total. The minimum Gasteiger partial charge on any atom is -0.296 e. The average molecular weight is 215 g/mol. The molecule has 1 aliphatic rings. The summed E-state index contributed by atoms with van der Waals surface area (Å²) >= 11 is 6.15. The van der Waals surface area contributed by atoms with Crippen molar-refractivity contribution in [1.82, 2.24) is 19.9 Å². The average Bonchev–Trinajstić information content (AvgIpc) is 2.62. The largest absolute Gasteiger partial charge is 0.296 e. The van der Waals surface area contributed by atoms with E-state index in [4.69, 9.17) is 11.6 Å². The fourth-order valence-corrected chi connectivity index (χ4v) is 2.12. The Morgan fingerprint density at radius 2 is 2.36 bits per heavy atom. The van der Waals surface area contributed by atoms with E-state index < -0.39 is 0 Å². The third-order valence-electron chi connectivity index (χ3n) is 2.63. The van der Waals surface area contributed by atoms with Gasteiger partial charge in [0.05, 0.1) is 17.3 Å². The molecule has 0 bridgehead atoms. The summed E-state index contributed by atoms with van der Waals surface area (Å²) in [5, 5.41) is 8.57. The molecule has 1 aromatic heterocycles. The number of rotatable bonds is 2. The number of nitrogens with zero attached hydrogens (tertiary/aromatic N) is 4. The van der Waals surface area contributed by atoms with Crippen LogP contribution in [0.3, 0.4) is 0 Å². The molecule has 5 heteroatoms. The van der Waals surface area contributed by atoms with E-state index >= 15 is 0 Å². The lowest BCUT2D eigenvalue weighted by Crippen LogP contribution is -2.20. The summed E-state index contributed by atoms with van der Waals surface area (Å²) in [6.07, 6.45) is 1.81. The lowest BCUT2D eigenvalue weighted by Gasteiger charge is -2.12. The molecule has 0 saturated carbocycles. The minimum atomic E-state index is 0.284. The highest BCUT2D eigenvalue weighted by molar-refractivity contribution is 6.21. The van der Waals surface area contributed by atoms with Gasteiger partial charge in [-0.3, -0.25) is 4.90 Å². The van der Waals surface area contributed by atoms with Gasteiger partial charge in [0.25, 0.3) is 0 Å². The van der Waals surface area contributed by atoms with E-state index in [1.165, 1.54) is 0 Å². The second-order valence-electron chi connectivity index (χ2n) is 4.01. The van der Waals surface area contributed by atoms with Crippen molar-refractivity contribution in [3.63, 3.8) is 0 Å². The Hall–Kier alpha value is -0.610. The number of aryl methyl sites for hydroxylation is 1. The zero-order chi connectivity index (χ0) is 10.1. The number of aromatic nitrogens is 3. The van der Waals surface area contributed by atoms with Crippen molar-refractivity contribution < 1.29 is 0 Å². The van der Waals surface area contributed by atoms with Gasteiger partial charge in [-0.25, -0.2) is 0 Å². The van der Waals surface area contributed by atoms with Gasteiger partial charge in [-0.2, -0.15) is 15.0 Å².